The molecule has 5 heteroatoms. The van der Waals surface area contributed by atoms with Crippen molar-refractivity contribution in [3.05, 3.63) is 34.2 Å². The second-order valence-corrected chi connectivity index (χ2v) is 3.99. The Morgan fingerprint density at radius 2 is 2.31 bits per heavy atom. The van der Waals surface area contributed by atoms with Gasteiger partial charge in [-0.25, -0.2) is 9.18 Å². The van der Waals surface area contributed by atoms with E-state index in [1.807, 2.05) is 0 Å². The Hall–Kier alpha value is -1.36. The van der Waals surface area contributed by atoms with E-state index >= 15 is 0 Å². The molecule has 0 aliphatic carbocycles. The van der Waals surface area contributed by atoms with Gasteiger partial charge in [0.15, 0.2) is 0 Å². The zero-order valence-electron chi connectivity index (χ0n) is 8.42. The van der Waals surface area contributed by atoms with Crippen molar-refractivity contribution >= 4 is 32.9 Å². The van der Waals surface area contributed by atoms with Crippen LogP contribution in [0.5, 0.6) is 0 Å². The Bertz CT molecular complexity index is 547. The second kappa shape index (κ2) is 4.25. The summed E-state index contributed by atoms with van der Waals surface area (Å²) in [5, 5.41) is 0.408. The predicted molar refractivity (Wildman–Crippen MR) is 59.8 cm³/mol. The molecule has 0 aliphatic rings. The van der Waals surface area contributed by atoms with E-state index in [1.54, 1.807) is 6.92 Å². The van der Waals surface area contributed by atoms with Crippen molar-refractivity contribution in [3.63, 3.8) is 0 Å². The van der Waals surface area contributed by atoms with Gasteiger partial charge in [0.1, 0.15) is 23.2 Å². The summed E-state index contributed by atoms with van der Waals surface area (Å²) in [4.78, 5) is 11.5. The summed E-state index contributed by atoms with van der Waals surface area (Å²) in [6.45, 7) is 1.97. The Labute approximate surface area is 99.3 Å². The molecule has 0 fully saturated rings. The van der Waals surface area contributed by atoms with Crippen LogP contribution in [0, 0.1) is 5.82 Å². The topological polar surface area (TPSA) is 39.4 Å². The molecule has 0 N–H and O–H groups in total. The summed E-state index contributed by atoms with van der Waals surface area (Å²) in [6.07, 6.45) is 1.27. The molecule has 16 heavy (non-hydrogen) atoms. The van der Waals surface area contributed by atoms with E-state index in [1.165, 1.54) is 18.4 Å². The fourth-order valence-corrected chi connectivity index (χ4v) is 1.95. The molecule has 0 amide bonds. The van der Waals surface area contributed by atoms with Gasteiger partial charge >= 0.3 is 5.97 Å². The highest BCUT2D eigenvalue weighted by atomic mass is 79.9. The SMILES string of the molecule is CCOC(=O)c1coc2c(Br)cc(F)cc12. The maximum Gasteiger partial charge on any atom is 0.342 e. The van der Waals surface area contributed by atoms with Crippen LogP contribution >= 0.6 is 15.9 Å². The maximum atomic E-state index is 13.2. The third-order valence-electron chi connectivity index (χ3n) is 2.09. The first-order chi connectivity index (χ1) is 7.63. The molecule has 0 atom stereocenters. The van der Waals surface area contributed by atoms with Gasteiger partial charge in [-0.1, -0.05) is 0 Å². The van der Waals surface area contributed by atoms with Crippen molar-refractivity contribution in [2.45, 2.75) is 6.92 Å². The lowest BCUT2D eigenvalue weighted by Gasteiger charge is -1.99. The maximum absolute atomic E-state index is 13.2. The molecule has 0 saturated heterocycles. The third kappa shape index (κ3) is 1.82. The summed E-state index contributed by atoms with van der Waals surface area (Å²) in [5.74, 6) is -0.954. The Morgan fingerprint density at radius 3 is 3.00 bits per heavy atom. The van der Waals surface area contributed by atoms with E-state index in [4.69, 9.17) is 9.15 Å². The number of furan rings is 1. The molecular formula is C11H8BrFO3. The van der Waals surface area contributed by atoms with E-state index in [2.05, 4.69) is 15.9 Å². The summed E-state index contributed by atoms with van der Waals surface area (Å²) in [7, 11) is 0. The highest BCUT2D eigenvalue weighted by molar-refractivity contribution is 9.10. The van der Waals surface area contributed by atoms with Gasteiger partial charge < -0.3 is 9.15 Å². The van der Waals surface area contributed by atoms with Crippen molar-refractivity contribution in [1.82, 2.24) is 0 Å². The highest BCUT2D eigenvalue weighted by Gasteiger charge is 2.17. The Balaban J connectivity index is 2.60. The van der Waals surface area contributed by atoms with E-state index in [-0.39, 0.29) is 12.2 Å². The van der Waals surface area contributed by atoms with Crippen LogP contribution in [-0.4, -0.2) is 12.6 Å². The molecule has 1 heterocycles. The van der Waals surface area contributed by atoms with Crippen molar-refractivity contribution in [2.24, 2.45) is 0 Å². The van der Waals surface area contributed by atoms with Gasteiger partial charge in [-0.2, -0.15) is 0 Å². The molecule has 0 unspecified atom stereocenters. The largest absolute Gasteiger partial charge is 0.462 e. The zero-order chi connectivity index (χ0) is 11.7. The number of benzene rings is 1. The number of hydrogen-bond acceptors (Lipinski definition) is 3. The van der Waals surface area contributed by atoms with E-state index in [9.17, 15) is 9.18 Å². The highest BCUT2D eigenvalue weighted by Crippen LogP contribution is 2.29. The van der Waals surface area contributed by atoms with Crippen LogP contribution in [0.25, 0.3) is 11.0 Å². The number of carbonyl (C=O) groups is 1. The average molecular weight is 287 g/mol. The van der Waals surface area contributed by atoms with Gasteiger partial charge in [0, 0.05) is 5.39 Å². The van der Waals surface area contributed by atoms with Crippen molar-refractivity contribution < 1.29 is 18.3 Å². The van der Waals surface area contributed by atoms with Gasteiger partial charge in [-0.05, 0) is 35.0 Å². The van der Waals surface area contributed by atoms with Crippen LogP contribution in [0.3, 0.4) is 0 Å². The van der Waals surface area contributed by atoms with Crippen LogP contribution in [0.15, 0.2) is 27.3 Å². The summed E-state index contributed by atoms with van der Waals surface area (Å²) in [5.41, 5.74) is 0.668. The number of fused-ring (bicyclic) bond motifs is 1. The van der Waals surface area contributed by atoms with Gasteiger partial charge in [0.25, 0.3) is 0 Å². The van der Waals surface area contributed by atoms with E-state index in [0.717, 1.165) is 0 Å². The molecule has 84 valence electrons. The monoisotopic (exact) mass is 286 g/mol. The molecule has 1 aromatic heterocycles. The summed E-state index contributed by atoms with van der Waals surface area (Å²) >= 11 is 3.16. The first-order valence-corrected chi connectivity index (χ1v) is 5.46. The number of halogens is 2. The van der Waals surface area contributed by atoms with Crippen LogP contribution < -0.4 is 0 Å². The summed E-state index contributed by atoms with van der Waals surface area (Å²) in [6, 6.07) is 2.52. The molecule has 0 bridgehead atoms. The minimum atomic E-state index is -0.515. The van der Waals surface area contributed by atoms with E-state index in [0.29, 0.717) is 15.4 Å². The minimum Gasteiger partial charge on any atom is -0.462 e. The van der Waals surface area contributed by atoms with Crippen LogP contribution in [0.2, 0.25) is 0 Å². The molecule has 0 aliphatic heterocycles. The fraction of sp³-hybridized carbons (Fsp3) is 0.182. The second-order valence-electron chi connectivity index (χ2n) is 3.13. The molecular weight excluding hydrogens is 279 g/mol. The zero-order valence-corrected chi connectivity index (χ0v) is 10.0. The lowest BCUT2D eigenvalue weighted by molar-refractivity contribution is 0.0527. The predicted octanol–water partition coefficient (Wildman–Crippen LogP) is 3.51. The van der Waals surface area contributed by atoms with Crippen LogP contribution in [0.1, 0.15) is 17.3 Å². The average Bonchev–Trinajstić information content (AvgIpc) is 2.61. The molecule has 2 rings (SSSR count). The molecule has 0 radical (unpaired) electrons. The molecule has 0 saturated carbocycles. The van der Waals surface area contributed by atoms with Crippen LogP contribution in [0.4, 0.5) is 4.39 Å². The number of rotatable bonds is 2. The smallest absolute Gasteiger partial charge is 0.342 e. The first kappa shape index (κ1) is 11.1. The van der Waals surface area contributed by atoms with Gasteiger partial charge in [-0.15, -0.1) is 0 Å². The number of hydrogen-bond donors (Lipinski definition) is 0. The van der Waals surface area contributed by atoms with Crippen LogP contribution in [-0.2, 0) is 4.74 Å². The fourth-order valence-electron chi connectivity index (χ4n) is 1.43. The number of carbonyl (C=O) groups excluding carboxylic acids is 1. The molecule has 2 aromatic rings. The van der Waals surface area contributed by atoms with Crippen molar-refractivity contribution in [2.75, 3.05) is 6.61 Å². The quantitative estimate of drug-likeness (QED) is 0.793. The van der Waals surface area contributed by atoms with Gasteiger partial charge in [0.05, 0.1) is 11.1 Å². The van der Waals surface area contributed by atoms with Crippen molar-refractivity contribution in [1.29, 1.82) is 0 Å². The lowest BCUT2D eigenvalue weighted by atomic mass is 10.2. The third-order valence-corrected chi connectivity index (χ3v) is 2.68. The van der Waals surface area contributed by atoms with Crippen molar-refractivity contribution in [3.8, 4) is 0 Å². The van der Waals surface area contributed by atoms with Gasteiger partial charge in [-0.3, -0.25) is 0 Å². The standard InChI is InChI=1S/C11H8BrFO3/c1-2-15-11(14)8-5-16-10-7(8)3-6(13)4-9(10)12/h3-5H,2H2,1H3. The first-order valence-electron chi connectivity index (χ1n) is 4.67. The molecule has 1 aromatic carbocycles. The Kier molecular flexibility index (Phi) is 2.96. The van der Waals surface area contributed by atoms with Gasteiger partial charge in [0.2, 0.25) is 0 Å². The van der Waals surface area contributed by atoms with E-state index < -0.39 is 11.8 Å². The minimum absolute atomic E-state index is 0.233. The molecule has 3 nitrogen and oxygen atoms in total. The normalized spacial score (nSPS) is 10.7. The molecule has 0 spiro atoms. The lowest BCUT2D eigenvalue weighted by Crippen LogP contribution is -2.03. The number of ether oxygens (including phenoxy) is 1. The number of esters is 1. The Morgan fingerprint density at radius 1 is 1.56 bits per heavy atom. The summed E-state index contributed by atoms with van der Waals surface area (Å²) < 4.78 is 23.7.